The van der Waals surface area contributed by atoms with E-state index in [2.05, 4.69) is 69.2 Å². The van der Waals surface area contributed by atoms with Gasteiger partial charge in [-0.3, -0.25) is 0 Å². The van der Waals surface area contributed by atoms with Crippen LogP contribution >= 0.6 is 0 Å². The molecule has 1 unspecified atom stereocenters. The highest BCUT2D eigenvalue weighted by atomic mass is 15.6. The second-order valence-electron chi connectivity index (χ2n) is 6.47. The van der Waals surface area contributed by atoms with Crippen LogP contribution in [0.1, 0.15) is 13.3 Å². The molecule has 0 fully saturated rings. The number of allylic oxidation sites excluding steroid dienone is 2. The molecule has 1 aromatic rings. The molecule has 0 spiro atoms. The Labute approximate surface area is 137 Å². The molecule has 0 N–H and O–H groups in total. The lowest BCUT2D eigenvalue weighted by atomic mass is 9.85. The average molecular weight is 310 g/mol. The summed E-state index contributed by atoms with van der Waals surface area (Å²) >= 11 is 0. The van der Waals surface area contributed by atoms with Crippen LogP contribution in [0.2, 0.25) is 0 Å². The smallest absolute Gasteiger partial charge is 0.374 e. The van der Waals surface area contributed by atoms with Crippen LogP contribution in [0.5, 0.6) is 0 Å². The predicted molar refractivity (Wildman–Crippen MR) is 94.5 cm³/mol. The number of hydrogen-bond acceptors (Lipinski definition) is 4. The number of nitrogens with zero attached hydrogens (tertiary/aromatic N) is 5. The summed E-state index contributed by atoms with van der Waals surface area (Å²) in [7, 11) is 8.19. The van der Waals surface area contributed by atoms with Crippen molar-refractivity contribution in [3.63, 3.8) is 0 Å². The Hall–Kier alpha value is -2.43. The number of hydrazone groups is 1. The zero-order chi connectivity index (χ0) is 16.6. The summed E-state index contributed by atoms with van der Waals surface area (Å²) in [6.07, 6.45) is 7.43. The second kappa shape index (κ2) is 5.65. The first kappa shape index (κ1) is 15.5. The minimum Gasteiger partial charge on any atom is -0.378 e. The molecular weight excluding hydrogens is 286 g/mol. The van der Waals surface area contributed by atoms with Crippen LogP contribution < -0.4 is 4.90 Å². The molecule has 5 heteroatoms. The van der Waals surface area contributed by atoms with E-state index in [1.54, 1.807) is 0 Å². The fourth-order valence-corrected chi connectivity index (χ4v) is 3.06. The third kappa shape index (κ3) is 2.56. The van der Waals surface area contributed by atoms with Gasteiger partial charge in [-0.2, -0.15) is 4.68 Å². The monoisotopic (exact) mass is 310 g/mol. The van der Waals surface area contributed by atoms with E-state index in [1.807, 2.05) is 33.3 Å². The Bertz CT molecular complexity index is 724. The third-order valence-corrected chi connectivity index (χ3v) is 4.83. The van der Waals surface area contributed by atoms with Crippen LogP contribution in [0.15, 0.2) is 58.3 Å². The van der Waals surface area contributed by atoms with Crippen molar-refractivity contribution in [2.24, 2.45) is 10.2 Å². The number of anilines is 1. The minimum atomic E-state index is -0.0351. The quantitative estimate of drug-likeness (QED) is 0.620. The fourth-order valence-electron chi connectivity index (χ4n) is 3.06. The van der Waals surface area contributed by atoms with Crippen molar-refractivity contribution < 1.29 is 4.68 Å². The second-order valence-corrected chi connectivity index (χ2v) is 6.47. The van der Waals surface area contributed by atoms with Crippen LogP contribution in [0.25, 0.3) is 0 Å². The Morgan fingerprint density at radius 1 is 1.17 bits per heavy atom. The van der Waals surface area contributed by atoms with Gasteiger partial charge < -0.3 is 4.90 Å². The van der Waals surface area contributed by atoms with E-state index in [-0.39, 0.29) is 5.54 Å². The normalized spacial score (nSPS) is 23.5. The van der Waals surface area contributed by atoms with E-state index in [9.17, 15) is 0 Å². The number of likely N-dealkylation sites (N-methyl/N-ethyl adjacent to an activating group) is 1. The van der Waals surface area contributed by atoms with Crippen LogP contribution in [0.4, 0.5) is 11.4 Å². The van der Waals surface area contributed by atoms with Crippen molar-refractivity contribution in [2.45, 2.75) is 18.9 Å². The molecule has 3 rings (SSSR count). The molecule has 0 radical (unpaired) electrons. The standard InChI is InChI=1S/C18H24N5/c1-18-13-7-6-8-16(18)17(22(4)23(18)5)20-19-14-9-11-15(12-10-14)21(2)3/h6-12H,13H2,1-5H3/q+1. The van der Waals surface area contributed by atoms with Crippen molar-refractivity contribution in [1.82, 2.24) is 5.01 Å². The van der Waals surface area contributed by atoms with E-state index in [4.69, 9.17) is 0 Å². The van der Waals surface area contributed by atoms with E-state index in [0.29, 0.717) is 0 Å². The van der Waals surface area contributed by atoms with Crippen molar-refractivity contribution >= 4 is 17.2 Å². The number of hydrazine groups is 1. The van der Waals surface area contributed by atoms with E-state index < -0.39 is 0 Å². The van der Waals surface area contributed by atoms with Gasteiger partial charge >= 0.3 is 5.84 Å². The highest BCUT2D eigenvalue weighted by Crippen LogP contribution is 2.36. The number of hydrogen-bond donors (Lipinski definition) is 0. The number of azo groups is 1. The molecular formula is C18H24N5+. The summed E-state index contributed by atoms with van der Waals surface area (Å²) in [5, 5.41) is 11.2. The largest absolute Gasteiger partial charge is 0.378 e. The van der Waals surface area contributed by atoms with Crippen molar-refractivity contribution in [2.75, 3.05) is 33.1 Å². The highest BCUT2D eigenvalue weighted by molar-refractivity contribution is 5.98. The molecule has 1 aromatic carbocycles. The fraction of sp³-hybridized carbons (Fsp3) is 0.389. The molecule has 0 aromatic heterocycles. The number of benzene rings is 1. The molecule has 23 heavy (non-hydrogen) atoms. The maximum absolute atomic E-state index is 4.54. The zero-order valence-electron chi connectivity index (χ0n) is 14.5. The average Bonchev–Trinajstić information content (AvgIpc) is 2.74. The lowest BCUT2D eigenvalue weighted by Crippen LogP contribution is -2.43. The van der Waals surface area contributed by atoms with E-state index >= 15 is 0 Å². The van der Waals surface area contributed by atoms with Crippen molar-refractivity contribution in [3.05, 3.63) is 48.1 Å². The van der Waals surface area contributed by atoms with Gasteiger partial charge in [-0.1, -0.05) is 12.2 Å². The topological polar surface area (TPSA) is 34.2 Å². The van der Waals surface area contributed by atoms with E-state index in [1.165, 1.54) is 5.57 Å². The first-order valence-electron chi connectivity index (χ1n) is 7.85. The lowest BCUT2D eigenvalue weighted by molar-refractivity contribution is -0.667. The highest BCUT2D eigenvalue weighted by Gasteiger charge is 2.49. The van der Waals surface area contributed by atoms with Crippen molar-refractivity contribution in [3.8, 4) is 0 Å². The Balaban J connectivity index is 1.89. The maximum atomic E-state index is 4.54. The summed E-state index contributed by atoms with van der Waals surface area (Å²) in [5.74, 6) is 0.913. The zero-order valence-corrected chi connectivity index (χ0v) is 14.5. The SMILES string of the molecule is CN(C)c1ccc(N=NC2=[N+](C)N(C)C3(C)CC=CC=C23)cc1. The molecule has 120 valence electrons. The minimum absolute atomic E-state index is 0.0351. The maximum Gasteiger partial charge on any atom is 0.374 e. The van der Waals surface area contributed by atoms with Gasteiger partial charge in [-0.25, -0.2) is 5.01 Å². The summed E-state index contributed by atoms with van der Waals surface area (Å²) < 4.78 is 2.08. The molecule has 1 aliphatic heterocycles. The van der Waals surface area contributed by atoms with Crippen LogP contribution in [-0.4, -0.2) is 49.3 Å². The summed E-state index contributed by atoms with van der Waals surface area (Å²) in [4.78, 5) is 2.07. The number of rotatable bonds is 2. The van der Waals surface area contributed by atoms with Gasteiger partial charge in [0.15, 0.2) is 0 Å². The molecule has 0 bridgehead atoms. The number of fused-ring (bicyclic) bond motifs is 1. The van der Waals surface area contributed by atoms with Crippen LogP contribution in [-0.2, 0) is 0 Å². The Kier molecular flexibility index (Phi) is 3.80. The Morgan fingerprint density at radius 2 is 1.87 bits per heavy atom. The van der Waals surface area contributed by atoms with Crippen LogP contribution in [0, 0.1) is 0 Å². The Morgan fingerprint density at radius 3 is 2.52 bits per heavy atom. The van der Waals surface area contributed by atoms with Crippen molar-refractivity contribution in [1.29, 1.82) is 0 Å². The summed E-state index contributed by atoms with van der Waals surface area (Å²) in [6.45, 7) is 2.24. The predicted octanol–water partition coefficient (Wildman–Crippen LogP) is 3.38. The molecule has 0 saturated heterocycles. The molecule has 1 heterocycles. The van der Waals surface area contributed by atoms with E-state index in [0.717, 1.165) is 23.6 Å². The number of amidine groups is 1. The van der Waals surface area contributed by atoms with Gasteiger partial charge in [-0.15, -0.1) is 0 Å². The van der Waals surface area contributed by atoms with Gasteiger partial charge in [0.25, 0.3) is 0 Å². The van der Waals surface area contributed by atoms with Gasteiger partial charge in [-0.05, 0) is 48.8 Å². The first-order chi connectivity index (χ1) is 10.9. The van der Waals surface area contributed by atoms with Gasteiger partial charge in [0.2, 0.25) is 0 Å². The van der Waals surface area contributed by atoms with Gasteiger partial charge in [0.05, 0.1) is 10.7 Å². The lowest BCUT2D eigenvalue weighted by Gasteiger charge is -2.32. The summed E-state index contributed by atoms with van der Waals surface area (Å²) in [5.41, 5.74) is 3.20. The molecule has 0 saturated carbocycles. The van der Waals surface area contributed by atoms with Gasteiger partial charge in [0.1, 0.15) is 18.3 Å². The van der Waals surface area contributed by atoms with Gasteiger partial charge in [0, 0.05) is 26.8 Å². The summed E-state index contributed by atoms with van der Waals surface area (Å²) in [6, 6.07) is 8.09. The first-order valence-corrected chi connectivity index (χ1v) is 7.85. The molecule has 1 aliphatic carbocycles. The molecule has 1 atom stereocenters. The third-order valence-electron chi connectivity index (χ3n) is 4.83. The molecule has 2 aliphatic rings. The molecule has 0 amide bonds. The van der Waals surface area contributed by atoms with Crippen LogP contribution in [0.3, 0.4) is 0 Å². The molecule has 5 nitrogen and oxygen atoms in total.